The first-order valence-electron chi connectivity index (χ1n) is 10.5. The average molecular weight is 460 g/mol. The molecule has 164 valence electrons. The van der Waals surface area contributed by atoms with Crippen LogP contribution in [0.25, 0.3) is 0 Å². The third-order valence-corrected chi connectivity index (χ3v) is 7.97. The molecule has 0 saturated heterocycles. The van der Waals surface area contributed by atoms with Gasteiger partial charge in [0.05, 0.1) is 11.9 Å². The fourth-order valence-corrected chi connectivity index (χ4v) is 6.17. The van der Waals surface area contributed by atoms with Crippen LogP contribution < -0.4 is 5.32 Å². The first kappa shape index (κ1) is 22.3. The molecule has 0 radical (unpaired) electrons. The third kappa shape index (κ3) is 5.47. The topological polar surface area (TPSA) is 104 Å². The van der Waals surface area contributed by atoms with Gasteiger partial charge in [0.15, 0.2) is 5.78 Å². The van der Waals surface area contributed by atoms with Crippen LogP contribution in [0, 0.1) is 0 Å². The quantitative estimate of drug-likeness (QED) is 0.543. The number of ketones is 1. The highest BCUT2D eigenvalue weighted by atomic mass is 32.2. The molecule has 1 heterocycles. The molecule has 1 saturated carbocycles. The van der Waals surface area contributed by atoms with E-state index in [0.29, 0.717) is 22.7 Å². The van der Waals surface area contributed by atoms with Crippen molar-refractivity contribution in [1.82, 2.24) is 0 Å². The summed E-state index contributed by atoms with van der Waals surface area (Å²) in [6.45, 7) is 0. The van der Waals surface area contributed by atoms with E-state index in [2.05, 4.69) is 11.4 Å². The Morgan fingerprint density at radius 1 is 1.06 bits per heavy atom. The molecule has 1 aliphatic heterocycles. The Morgan fingerprint density at radius 3 is 2.45 bits per heavy atom. The first-order chi connectivity index (χ1) is 14.8. The molecular weight excluding hydrogens is 433 g/mol. The lowest BCUT2D eigenvalue weighted by Crippen LogP contribution is -2.26. The van der Waals surface area contributed by atoms with E-state index in [-0.39, 0.29) is 23.6 Å². The lowest BCUT2D eigenvalue weighted by Gasteiger charge is -2.27. The van der Waals surface area contributed by atoms with Crippen molar-refractivity contribution in [3.8, 4) is 0 Å². The molecule has 6 nitrogen and oxygen atoms in total. The Labute approximate surface area is 186 Å². The van der Waals surface area contributed by atoms with Crippen molar-refractivity contribution in [2.75, 3.05) is 11.1 Å². The maximum Gasteiger partial charge on any atom is 0.329 e. The fourth-order valence-electron chi connectivity index (χ4n) is 4.42. The molecular formula is C23H26NO5PS. The van der Waals surface area contributed by atoms with Crippen LogP contribution in [0.5, 0.6) is 0 Å². The van der Waals surface area contributed by atoms with Crippen LogP contribution in [-0.4, -0.2) is 27.2 Å². The van der Waals surface area contributed by atoms with Crippen LogP contribution in [0.4, 0.5) is 5.69 Å². The summed E-state index contributed by atoms with van der Waals surface area (Å²) in [6.07, 6.45) is 5.71. The summed E-state index contributed by atoms with van der Waals surface area (Å²) in [7, 11) is -4.13. The van der Waals surface area contributed by atoms with E-state index in [1.165, 1.54) is 36.6 Å². The van der Waals surface area contributed by atoms with Crippen LogP contribution in [0.2, 0.25) is 0 Å². The van der Waals surface area contributed by atoms with E-state index in [1.54, 1.807) is 24.3 Å². The molecule has 4 rings (SSSR count). The van der Waals surface area contributed by atoms with Gasteiger partial charge in [-0.2, -0.15) is 0 Å². The Bertz CT molecular complexity index is 1030. The number of thioether (sulfide) groups is 1. The summed E-state index contributed by atoms with van der Waals surface area (Å²) in [5.41, 5.74) is 3.69. The van der Waals surface area contributed by atoms with Crippen LogP contribution in [-0.2, 0) is 15.5 Å². The van der Waals surface area contributed by atoms with Gasteiger partial charge in [-0.05, 0) is 53.6 Å². The van der Waals surface area contributed by atoms with Crippen molar-refractivity contribution in [2.45, 2.75) is 49.4 Å². The van der Waals surface area contributed by atoms with Crippen molar-refractivity contribution >= 4 is 36.7 Å². The second kappa shape index (κ2) is 9.29. The molecule has 8 heteroatoms. The molecule has 0 spiro atoms. The summed E-state index contributed by atoms with van der Waals surface area (Å²) >= 11 is 1.33. The average Bonchev–Trinajstić information content (AvgIpc) is 2.75. The van der Waals surface area contributed by atoms with Crippen LogP contribution >= 0.6 is 19.4 Å². The van der Waals surface area contributed by atoms with E-state index in [4.69, 9.17) is 9.79 Å². The third-order valence-electron chi connectivity index (χ3n) is 5.97. The molecule has 0 aromatic heterocycles. The Kier molecular flexibility index (Phi) is 6.68. The number of fused-ring (bicyclic) bond motifs is 1. The number of rotatable bonds is 5. The molecule has 31 heavy (non-hydrogen) atoms. The Hall–Kier alpha value is -1.92. The van der Waals surface area contributed by atoms with Crippen LogP contribution in [0.1, 0.15) is 70.3 Å². The van der Waals surface area contributed by atoms with Gasteiger partial charge in [0, 0.05) is 11.3 Å². The highest BCUT2D eigenvalue weighted by Crippen LogP contribution is 2.41. The second-order valence-electron chi connectivity index (χ2n) is 8.30. The normalized spacial score (nSPS) is 19.7. The van der Waals surface area contributed by atoms with E-state index in [1.807, 2.05) is 12.1 Å². The smallest absolute Gasteiger partial charge is 0.325 e. The van der Waals surface area contributed by atoms with Crippen molar-refractivity contribution in [3.63, 3.8) is 0 Å². The molecule has 2 aromatic rings. The first-order valence-corrected chi connectivity index (χ1v) is 13.4. The maximum absolute atomic E-state index is 13.0. The number of Topliss-reactive ketones (excluding diaryl/α,β-unsaturated/α-hetero) is 1. The number of hydrogen-bond acceptors (Lipinski definition) is 4. The predicted octanol–water partition coefficient (Wildman–Crippen LogP) is 5.02. The Morgan fingerprint density at radius 2 is 1.77 bits per heavy atom. The van der Waals surface area contributed by atoms with E-state index in [9.17, 15) is 14.2 Å². The molecule has 1 unspecified atom stereocenters. The zero-order valence-electron chi connectivity index (χ0n) is 17.1. The highest BCUT2D eigenvalue weighted by molar-refractivity contribution is 8.01. The number of carbonyl (C=O) groups excluding carboxylic acids is 2. The van der Waals surface area contributed by atoms with Crippen LogP contribution in [0.15, 0.2) is 42.5 Å². The fraction of sp³-hybridized carbons (Fsp3) is 0.391. The van der Waals surface area contributed by atoms with Gasteiger partial charge in [-0.25, -0.2) is 0 Å². The molecule has 1 atom stereocenters. The summed E-state index contributed by atoms with van der Waals surface area (Å²) in [5, 5.41) is 2.40. The van der Waals surface area contributed by atoms with Crippen molar-refractivity contribution in [1.29, 1.82) is 0 Å². The number of carbonyl (C=O) groups is 2. The van der Waals surface area contributed by atoms with E-state index < -0.39 is 12.8 Å². The number of benzene rings is 2. The summed E-state index contributed by atoms with van der Waals surface area (Å²) in [6, 6.07) is 12.5. The second-order valence-corrected chi connectivity index (χ2v) is 11.0. The monoisotopic (exact) mass is 459 g/mol. The van der Waals surface area contributed by atoms with Gasteiger partial charge >= 0.3 is 7.60 Å². The SMILES string of the molecule is O=C1CSC(C(=O)Nc2ccc(CP(=O)(O)O)cc2)c2ccc(C3CCCCC3)cc21. The van der Waals surface area contributed by atoms with E-state index in [0.717, 1.165) is 18.4 Å². The van der Waals surface area contributed by atoms with Gasteiger partial charge in [0.2, 0.25) is 5.91 Å². The van der Waals surface area contributed by atoms with Crippen molar-refractivity contribution in [2.24, 2.45) is 0 Å². The predicted molar refractivity (Wildman–Crippen MR) is 123 cm³/mol. The van der Waals surface area contributed by atoms with Gasteiger partial charge < -0.3 is 15.1 Å². The lowest BCUT2D eigenvalue weighted by atomic mass is 9.82. The zero-order valence-corrected chi connectivity index (χ0v) is 18.8. The number of anilines is 1. The number of amides is 1. The van der Waals surface area contributed by atoms with Gasteiger partial charge in [0.1, 0.15) is 5.25 Å². The Balaban J connectivity index is 1.50. The standard InChI is InChI=1S/C23H26NO5PS/c25-21-14-31-22(19-11-8-17(12-20(19)21)16-4-2-1-3-5-16)23(26)24-18-9-6-15(7-10-18)13-30(27,28)29/h6-12,16,22H,1-5,13-14H2,(H,24,26)(H2,27,28,29). The summed E-state index contributed by atoms with van der Waals surface area (Å²) in [5.74, 6) is 0.649. The summed E-state index contributed by atoms with van der Waals surface area (Å²) < 4.78 is 11.1. The van der Waals surface area contributed by atoms with Crippen molar-refractivity contribution in [3.05, 3.63) is 64.7 Å². The van der Waals surface area contributed by atoms with Gasteiger partial charge in [-0.15, -0.1) is 11.8 Å². The molecule has 2 aliphatic rings. The zero-order chi connectivity index (χ0) is 22.0. The number of hydrogen-bond donors (Lipinski definition) is 3. The highest BCUT2D eigenvalue weighted by Gasteiger charge is 2.32. The minimum atomic E-state index is -4.13. The van der Waals surface area contributed by atoms with Gasteiger partial charge in [-0.1, -0.05) is 43.5 Å². The van der Waals surface area contributed by atoms with E-state index >= 15 is 0 Å². The molecule has 2 aromatic carbocycles. The maximum atomic E-state index is 13.0. The molecule has 3 N–H and O–H groups in total. The number of nitrogens with one attached hydrogen (secondary N) is 1. The largest absolute Gasteiger partial charge is 0.329 e. The minimum Gasteiger partial charge on any atom is -0.325 e. The van der Waals surface area contributed by atoms with Gasteiger partial charge in [0.25, 0.3) is 0 Å². The minimum absolute atomic E-state index is 0.0727. The molecule has 0 bridgehead atoms. The lowest BCUT2D eigenvalue weighted by molar-refractivity contribution is -0.115. The molecule has 1 aliphatic carbocycles. The molecule has 1 amide bonds. The molecule has 1 fully saturated rings. The van der Waals surface area contributed by atoms with Crippen LogP contribution in [0.3, 0.4) is 0 Å². The summed E-state index contributed by atoms with van der Waals surface area (Å²) in [4.78, 5) is 43.7. The van der Waals surface area contributed by atoms with Gasteiger partial charge in [-0.3, -0.25) is 14.2 Å². The van der Waals surface area contributed by atoms with Crippen molar-refractivity contribution < 1.29 is 23.9 Å².